The largest absolute Gasteiger partial charge is 0.365 e. The molecule has 5 nitrogen and oxygen atoms in total. The predicted octanol–water partition coefficient (Wildman–Crippen LogP) is 4.27. The van der Waals surface area contributed by atoms with E-state index in [0.29, 0.717) is 12.4 Å². The maximum Gasteiger partial charge on any atom is 0.276 e. The Balaban J connectivity index is 1.62. The van der Waals surface area contributed by atoms with Crippen molar-refractivity contribution < 1.29 is 4.79 Å². The van der Waals surface area contributed by atoms with Gasteiger partial charge in [-0.3, -0.25) is 4.79 Å². The molecule has 132 valence electrons. The van der Waals surface area contributed by atoms with Gasteiger partial charge in [-0.15, -0.1) is 10.2 Å². The summed E-state index contributed by atoms with van der Waals surface area (Å²) in [6, 6.07) is 17.7. The first kappa shape index (κ1) is 17.6. The Morgan fingerprint density at radius 1 is 0.885 bits per heavy atom. The second-order valence-electron chi connectivity index (χ2n) is 6.42. The summed E-state index contributed by atoms with van der Waals surface area (Å²) in [6.07, 6.45) is 0. The van der Waals surface area contributed by atoms with Gasteiger partial charge >= 0.3 is 0 Å². The SMILES string of the molecule is Cc1ccc(CNc2ccc(C(=O)Nc3cc(C)ccc3C)nn2)cc1. The van der Waals surface area contributed by atoms with Crippen LogP contribution in [0.3, 0.4) is 0 Å². The zero-order valence-electron chi connectivity index (χ0n) is 15.2. The fraction of sp³-hybridized carbons (Fsp3) is 0.190. The molecule has 2 aromatic carbocycles. The molecule has 5 heteroatoms. The lowest BCUT2D eigenvalue weighted by atomic mass is 10.1. The molecule has 1 heterocycles. The van der Waals surface area contributed by atoms with Crippen LogP contribution >= 0.6 is 0 Å². The molecule has 0 aliphatic rings. The van der Waals surface area contributed by atoms with E-state index >= 15 is 0 Å². The number of hydrogen-bond donors (Lipinski definition) is 2. The highest BCUT2D eigenvalue weighted by Gasteiger charge is 2.10. The van der Waals surface area contributed by atoms with Gasteiger partial charge in [0, 0.05) is 12.2 Å². The van der Waals surface area contributed by atoms with Gasteiger partial charge in [-0.1, -0.05) is 42.0 Å². The van der Waals surface area contributed by atoms with E-state index in [1.165, 1.54) is 5.56 Å². The predicted molar refractivity (Wildman–Crippen MR) is 104 cm³/mol. The molecule has 26 heavy (non-hydrogen) atoms. The highest BCUT2D eigenvalue weighted by atomic mass is 16.1. The van der Waals surface area contributed by atoms with Crippen molar-refractivity contribution >= 4 is 17.4 Å². The van der Waals surface area contributed by atoms with Gasteiger partial charge in [0.15, 0.2) is 5.69 Å². The number of aryl methyl sites for hydroxylation is 3. The minimum atomic E-state index is -0.267. The summed E-state index contributed by atoms with van der Waals surface area (Å²) < 4.78 is 0. The summed E-state index contributed by atoms with van der Waals surface area (Å²) in [5.74, 6) is 0.366. The van der Waals surface area contributed by atoms with Crippen LogP contribution in [0.15, 0.2) is 54.6 Å². The molecule has 0 saturated carbocycles. The average Bonchev–Trinajstić information content (AvgIpc) is 2.64. The van der Waals surface area contributed by atoms with Gasteiger partial charge < -0.3 is 10.6 Å². The fourth-order valence-electron chi connectivity index (χ4n) is 2.50. The molecule has 0 atom stereocenters. The van der Waals surface area contributed by atoms with Crippen molar-refractivity contribution in [2.45, 2.75) is 27.3 Å². The number of rotatable bonds is 5. The van der Waals surface area contributed by atoms with Gasteiger partial charge in [-0.2, -0.15) is 0 Å². The molecular formula is C21H22N4O. The minimum Gasteiger partial charge on any atom is -0.365 e. The van der Waals surface area contributed by atoms with Crippen LogP contribution < -0.4 is 10.6 Å². The number of hydrogen-bond acceptors (Lipinski definition) is 4. The third-order valence-corrected chi connectivity index (χ3v) is 4.13. The Hall–Kier alpha value is -3.21. The zero-order chi connectivity index (χ0) is 18.5. The molecule has 3 rings (SSSR count). The number of amides is 1. The second-order valence-corrected chi connectivity index (χ2v) is 6.42. The molecule has 1 aromatic heterocycles. The number of carbonyl (C=O) groups is 1. The molecule has 1 amide bonds. The van der Waals surface area contributed by atoms with E-state index in [0.717, 1.165) is 22.4 Å². The summed E-state index contributed by atoms with van der Waals surface area (Å²) in [5.41, 5.74) is 5.56. The maximum absolute atomic E-state index is 12.4. The van der Waals surface area contributed by atoms with Crippen LogP contribution in [0.2, 0.25) is 0 Å². The molecule has 2 N–H and O–H groups in total. The molecule has 3 aromatic rings. The highest BCUT2D eigenvalue weighted by molar-refractivity contribution is 6.03. The van der Waals surface area contributed by atoms with E-state index in [2.05, 4.69) is 52.0 Å². The average molecular weight is 346 g/mol. The Kier molecular flexibility index (Phi) is 5.27. The Labute approximate surface area is 153 Å². The quantitative estimate of drug-likeness (QED) is 0.724. The summed E-state index contributed by atoms with van der Waals surface area (Å²) in [5, 5.41) is 14.2. The lowest BCUT2D eigenvalue weighted by Gasteiger charge is -2.09. The van der Waals surface area contributed by atoms with Crippen molar-refractivity contribution in [3.05, 3.63) is 82.5 Å². The number of nitrogens with zero attached hydrogens (tertiary/aromatic N) is 2. The lowest BCUT2D eigenvalue weighted by molar-refractivity contribution is 0.102. The minimum absolute atomic E-state index is 0.267. The first-order valence-corrected chi connectivity index (χ1v) is 8.53. The van der Waals surface area contributed by atoms with Crippen molar-refractivity contribution in [3.8, 4) is 0 Å². The summed E-state index contributed by atoms with van der Waals surface area (Å²) >= 11 is 0. The third-order valence-electron chi connectivity index (χ3n) is 4.13. The van der Waals surface area contributed by atoms with E-state index in [-0.39, 0.29) is 11.6 Å². The third kappa shape index (κ3) is 4.45. The number of aromatic nitrogens is 2. The second kappa shape index (κ2) is 7.78. The summed E-state index contributed by atoms with van der Waals surface area (Å²) in [7, 11) is 0. The van der Waals surface area contributed by atoms with Crippen molar-refractivity contribution in [2.24, 2.45) is 0 Å². The van der Waals surface area contributed by atoms with Crippen LogP contribution in [0.4, 0.5) is 11.5 Å². The first-order valence-electron chi connectivity index (χ1n) is 8.53. The van der Waals surface area contributed by atoms with Gasteiger partial charge in [0.1, 0.15) is 5.82 Å². The van der Waals surface area contributed by atoms with E-state index in [1.807, 2.05) is 32.0 Å². The highest BCUT2D eigenvalue weighted by Crippen LogP contribution is 2.17. The van der Waals surface area contributed by atoms with Crippen LogP contribution in [0.5, 0.6) is 0 Å². The molecule has 0 aliphatic carbocycles. The summed E-state index contributed by atoms with van der Waals surface area (Å²) in [6.45, 7) is 6.66. The van der Waals surface area contributed by atoms with Crippen molar-refractivity contribution in [2.75, 3.05) is 10.6 Å². The number of carbonyl (C=O) groups excluding carboxylic acids is 1. The summed E-state index contributed by atoms with van der Waals surface area (Å²) in [4.78, 5) is 12.4. The van der Waals surface area contributed by atoms with E-state index in [1.54, 1.807) is 12.1 Å². The van der Waals surface area contributed by atoms with Crippen LogP contribution in [0.1, 0.15) is 32.7 Å². The maximum atomic E-state index is 12.4. The Bertz CT molecular complexity index is 902. The van der Waals surface area contributed by atoms with Crippen LogP contribution in [0, 0.1) is 20.8 Å². The molecule has 0 saturated heterocycles. The number of anilines is 2. The normalized spacial score (nSPS) is 10.4. The fourth-order valence-corrected chi connectivity index (χ4v) is 2.50. The van der Waals surface area contributed by atoms with Gasteiger partial charge in [0.05, 0.1) is 0 Å². The van der Waals surface area contributed by atoms with E-state index in [4.69, 9.17) is 0 Å². The van der Waals surface area contributed by atoms with Crippen molar-refractivity contribution in [1.29, 1.82) is 0 Å². The number of nitrogens with one attached hydrogen (secondary N) is 2. The van der Waals surface area contributed by atoms with Gasteiger partial charge in [0.2, 0.25) is 0 Å². The van der Waals surface area contributed by atoms with E-state index in [9.17, 15) is 4.79 Å². The molecule has 0 bridgehead atoms. The Morgan fingerprint density at radius 2 is 1.62 bits per heavy atom. The molecule has 0 fully saturated rings. The zero-order valence-corrected chi connectivity index (χ0v) is 15.2. The van der Waals surface area contributed by atoms with Crippen molar-refractivity contribution in [3.63, 3.8) is 0 Å². The van der Waals surface area contributed by atoms with Crippen LogP contribution in [-0.4, -0.2) is 16.1 Å². The lowest BCUT2D eigenvalue weighted by Crippen LogP contribution is -2.15. The van der Waals surface area contributed by atoms with Crippen LogP contribution in [-0.2, 0) is 6.54 Å². The molecule has 0 radical (unpaired) electrons. The molecule has 0 aliphatic heterocycles. The van der Waals surface area contributed by atoms with E-state index < -0.39 is 0 Å². The van der Waals surface area contributed by atoms with Crippen LogP contribution in [0.25, 0.3) is 0 Å². The first-order chi connectivity index (χ1) is 12.5. The molecule has 0 unspecified atom stereocenters. The molecular weight excluding hydrogens is 324 g/mol. The monoisotopic (exact) mass is 346 g/mol. The van der Waals surface area contributed by atoms with Gasteiger partial charge in [-0.05, 0) is 55.7 Å². The Morgan fingerprint density at radius 3 is 2.31 bits per heavy atom. The van der Waals surface area contributed by atoms with Gasteiger partial charge in [0.25, 0.3) is 5.91 Å². The van der Waals surface area contributed by atoms with Crippen molar-refractivity contribution in [1.82, 2.24) is 10.2 Å². The van der Waals surface area contributed by atoms with Gasteiger partial charge in [-0.25, -0.2) is 0 Å². The smallest absolute Gasteiger partial charge is 0.276 e. The molecule has 0 spiro atoms. The standard InChI is InChI=1S/C21H22N4O/c1-14-5-8-17(9-6-14)13-22-20-11-10-18(24-25-20)21(26)23-19-12-15(2)4-7-16(19)3/h4-12H,13H2,1-3H3,(H,22,25)(H,23,26). The number of benzene rings is 2. The topological polar surface area (TPSA) is 66.9 Å².